The van der Waals surface area contributed by atoms with E-state index in [0.29, 0.717) is 0 Å². The van der Waals surface area contributed by atoms with Crippen LogP contribution in [0.25, 0.3) is 0 Å². The van der Waals surface area contributed by atoms with Crippen molar-refractivity contribution in [2.24, 2.45) is 0 Å². The van der Waals surface area contributed by atoms with Crippen molar-refractivity contribution in [2.45, 2.75) is 26.5 Å². The Balaban J connectivity index is 2.34. The molecule has 0 aromatic carbocycles. The Kier molecular flexibility index (Phi) is 5.12. The summed E-state index contributed by atoms with van der Waals surface area (Å²) in [5.41, 5.74) is 0. The lowest BCUT2D eigenvalue weighted by atomic mass is 9.71. The van der Waals surface area contributed by atoms with E-state index >= 15 is 0 Å². The van der Waals surface area contributed by atoms with Crippen LogP contribution in [-0.4, -0.2) is 7.28 Å². The quantitative estimate of drug-likeness (QED) is 0.359. The molecule has 0 unspecified atom stereocenters. The van der Waals surface area contributed by atoms with E-state index < -0.39 is 0 Å². The average molecular weight is 82.0 g/mol. The van der Waals surface area contributed by atoms with E-state index in [-0.39, 0.29) is 0 Å². The maximum atomic E-state index is 2.25. The average Bonchev–Trinajstić information content (AvgIpc) is 1.61. The van der Waals surface area contributed by atoms with Crippen LogP contribution in [0.5, 0.6) is 0 Å². The Morgan fingerprint density at radius 1 is 1.67 bits per heavy atom. The van der Waals surface area contributed by atoms with Crippen molar-refractivity contribution in [3.63, 3.8) is 0 Å². The van der Waals surface area contributed by atoms with Crippen LogP contribution in [0.2, 0.25) is 12.6 Å². The van der Waals surface area contributed by atoms with Gasteiger partial charge in [-0.3, -0.25) is 0 Å². The van der Waals surface area contributed by atoms with E-state index in [0.717, 1.165) is 6.32 Å². The van der Waals surface area contributed by atoms with Gasteiger partial charge < -0.3 is 0 Å². The molecule has 0 atom stereocenters. The highest BCUT2D eigenvalue weighted by Crippen LogP contribution is 1.85. The lowest BCUT2D eigenvalue weighted by Gasteiger charge is -1.83. The van der Waals surface area contributed by atoms with Crippen molar-refractivity contribution in [3.8, 4) is 0 Å². The molecular weight excluding hydrogens is 70.9 g/mol. The summed E-state index contributed by atoms with van der Waals surface area (Å²) in [6.45, 7) is 4.23. The second-order valence-electron chi connectivity index (χ2n) is 1.34. The minimum absolute atomic E-state index is 1.16. The molecule has 0 amide bonds. The Morgan fingerprint density at radius 2 is 2.33 bits per heavy atom. The van der Waals surface area contributed by atoms with Gasteiger partial charge in [0.15, 0.2) is 0 Å². The molecular formula is C5H11B. The van der Waals surface area contributed by atoms with Crippen LogP contribution in [0, 0.1) is 6.42 Å². The second-order valence-corrected chi connectivity index (χ2v) is 1.34. The van der Waals surface area contributed by atoms with Crippen molar-refractivity contribution in [1.29, 1.82) is 0 Å². The summed E-state index contributed by atoms with van der Waals surface area (Å²) < 4.78 is 0. The molecule has 0 nitrogen and oxygen atoms in total. The zero-order valence-electron chi connectivity index (χ0n) is 4.57. The van der Waals surface area contributed by atoms with Crippen LogP contribution in [0.15, 0.2) is 0 Å². The molecule has 6 heavy (non-hydrogen) atoms. The summed E-state index contributed by atoms with van der Waals surface area (Å²) in [6.07, 6.45) is 4.52. The highest BCUT2D eigenvalue weighted by molar-refractivity contribution is 6.35. The van der Waals surface area contributed by atoms with Crippen LogP contribution in [0.1, 0.15) is 13.8 Å². The van der Waals surface area contributed by atoms with Gasteiger partial charge >= 0.3 is 0 Å². The van der Waals surface area contributed by atoms with Gasteiger partial charge in [0.05, 0.1) is 0 Å². The van der Waals surface area contributed by atoms with Crippen LogP contribution in [0.3, 0.4) is 0 Å². The molecule has 0 spiro atoms. The van der Waals surface area contributed by atoms with Crippen molar-refractivity contribution < 1.29 is 0 Å². The first-order chi connectivity index (χ1) is 2.91. The first kappa shape index (κ1) is 6.06. The molecule has 0 aromatic heterocycles. The van der Waals surface area contributed by atoms with Gasteiger partial charge in [-0.2, -0.15) is 0 Å². The maximum Gasteiger partial charge on any atom is 0.109 e. The lowest BCUT2D eigenvalue weighted by Crippen LogP contribution is -1.81. The van der Waals surface area contributed by atoms with Crippen LogP contribution < -0.4 is 0 Å². The first-order valence-corrected chi connectivity index (χ1v) is 2.51. The Morgan fingerprint density at radius 3 is 2.50 bits per heavy atom. The van der Waals surface area contributed by atoms with Gasteiger partial charge in [0.1, 0.15) is 7.28 Å². The van der Waals surface area contributed by atoms with Gasteiger partial charge in [-0.1, -0.05) is 26.5 Å². The highest BCUT2D eigenvalue weighted by Gasteiger charge is 1.79. The zero-order chi connectivity index (χ0) is 4.83. The van der Waals surface area contributed by atoms with Gasteiger partial charge in [0.2, 0.25) is 0 Å². The number of hydrogen-bond acceptors (Lipinski definition) is 0. The topological polar surface area (TPSA) is 0 Å². The van der Waals surface area contributed by atoms with Crippen molar-refractivity contribution >= 4 is 7.28 Å². The smallest absolute Gasteiger partial charge is 0.0831 e. The standard InChI is InChI=1S/C5H11B/c1-3-5-6-4-2/h3H,4-5H2,1-2H3. The maximum absolute atomic E-state index is 2.25. The summed E-state index contributed by atoms with van der Waals surface area (Å²) in [5, 5.41) is 0. The molecule has 0 aromatic rings. The number of rotatable bonds is 3. The summed E-state index contributed by atoms with van der Waals surface area (Å²) in [5.74, 6) is 0. The van der Waals surface area contributed by atoms with Gasteiger partial charge in [-0.15, -0.1) is 0 Å². The fourth-order valence-electron chi connectivity index (χ4n) is 0.333. The zero-order valence-corrected chi connectivity index (χ0v) is 4.57. The third-order valence-corrected chi connectivity index (χ3v) is 0.691. The first-order valence-electron chi connectivity index (χ1n) is 2.51. The van der Waals surface area contributed by atoms with Gasteiger partial charge in [0.25, 0.3) is 0 Å². The van der Waals surface area contributed by atoms with Gasteiger partial charge in [0, 0.05) is 0 Å². The Hall–Kier alpha value is 0.0649. The molecule has 0 N–H and O–H groups in total. The molecule has 2 radical (unpaired) electrons. The summed E-state index contributed by atoms with van der Waals surface area (Å²) >= 11 is 0. The summed E-state index contributed by atoms with van der Waals surface area (Å²) in [6, 6.07) is 0. The molecule has 1 heteroatoms. The third-order valence-electron chi connectivity index (χ3n) is 0.691. The van der Waals surface area contributed by atoms with Crippen molar-refractivity contribution in [3.05, 3.63) is 6.42 Å². The molecule has 0 saturated carbocycles. The SMILES string of the molecule is C[CH]C[B]CC. The van der Waals surface area contributed by atoms with E-state index in [1.165, 1.54) is 6.32 Å². The second kappa shape index (κ2) is 5.06. The van der Waals surface area contributed by atoms with Crippen LogP contribution in [-0.2, 0) is 0 Å². The molecule has 0 saturated heterocycles. The molecule has 0 rings (SSSR count). The monoisotopic (exact) mass is 82.1 g/mol. The highest BCUT2D eigenvalue weighted by atomic mass is 13.6. The molecule has 0 aliphatic rings. The predicted octanol–water partition coefficient (Wildman–Crippen LogP) is 1.77. The van der Waals surface area contributed by atoms with Crippen molar-refractivity contribution in [2.75, 3.05) is 0 Å². The van der Waals surface area contributed by atoms with Crippen LogP contribution >= 0.6 is 0 Å². The molecule has 0 aliphatic heterocycles. The largest absolute Gasteiger partial charge is 0.109 e. The molecule has 0 fully saturated rings. The Labute approximate surface area is 41.2 Å². The van der Waals surface area contributed by atoms with E-state index in [1.54, 1.807) is 0 Å². The fraction of sp³-hybridized carbons (Fsp3) is 0.800. The number of hydrogen-bond donors (Lipinski definition) is 0. The van der Waals surface area contributed by atoms with Crippen LogP contribution in [0.4, 0.5) is 0 Å². The fourth-order valence-corrected chi connectivity index (χ4v) is 0.333. The van der Waals surface area contributed by atoms with Crippen molar-refractivity contribution in [1.82, 2.24) is 0 Å². The third kappa shape index (κ3) is 4.06. The molecule has 0 bridgehead atoms. The predicted molar refractivity (Wildman–Crippen MR) is 31.0 cm³/mol. The molecule has 0 heterocycles. The van der Waals surface area contributed by atoms with E-state index in [1.807, 2.05) is 0 Å². The minimum Gasteiger partial charge on any atom is -0.0831 e. The normalized spacial score (nSPS) is 8.33. The summed E-state index contributed by atoms with van der Waals surface area (Å²) in [4.78, 5) is 0. The van der Waals surface area contributed by atoms with Gasteiger partial charge in [-0.25, -0.2) is 0 Å². The Bertz CT molecular complexity index is 15.9. The molecule has 0 aliphatic carbocycles. The van der Waals surface area contributed by atoms with E-state index in [2.05, 4.69) is 27.5 Å². The van der Waals surface area contributed by atoms with E-state index in [9.17, 15) is 0 Å². The minimum atomic E-state index is 1.16. The molecule has 34 valence electrons. The van der Waals surface area contributed by atoms with E-state index in [4.69, 9.17) is 0 Å². The summed E-state index contributed by atoms with van der Waals surface area (Å²) in [7, 11) is 2.25. The lowest BCUT2D eigenvalue weighted by molar-refractivity contribution is 1.33. The van der Waals surface area contributed by atoms with Gasteiger partial charge in [-0.05, 0) is 6.42 Å².